The standard InChI is InChI=1S/C32H30/c1-4-31(27-18-10-6-14-23(27)24-15-7-11-19-28(24)31)22(3)32(5-2)29-20-12-8-16-25(29)26-17-9-13-21-30(26)32/h6-22H,4-5H2,1-3H3. The van der Waals surface area contributed by atoms with Crippen LogP contribution in [0.5, 0.6) is 0 Å². The van der Waals surface area contributed by atoms with Gasteiger partial charge in [-0.15, -0.1) is 0 Å². The van der Waals surface area contributed by atoms with Crippen LogP contribution in [-0.4, -0.2) is 0 Å². The molecule has 0 aliphatic heterocycles. The monoisotopic (exact) mass is 414 g/mol. The van der Waals surface area contributed by atoms with Gasteiger partial charge < -0.3 is 0 Å². The van der Waals surface area contributed by atoms with E-state index in [1.165, 1.54) is 44.5 Å². The van der Waals surface area contributed by atoms with Gasteiger partial charge in [0.1, 0.15) is 0 Å². The van der Waals surface area contributed by atoms with E-state index in [1.807, 2.05) is 0 Å². The zero-order chi connectivity index (χ0) is 21.9. The Hall–Kier alpha value is -3.12. The van der Waals surface area contributed by atoms with Crippen LogP contribution in [-0.2, 0) is 10.8 Å². The summed E-state index contributed by atoms with van der Waals surface area (Å²) < 4.78 is 0. The highest BCUT2D eigenvalue weighted by atomic mass is 14.6. The smallest absolute Gasteiger partial charge is 0.0249 e. The quantitative estimate of drug-likeness (QED) is 0.314. The Morgan fingerprint density at radius 2 is 0.719 bits per heavy atom. The van der Waals surface area contributed by atoms with Crippen molar-refractivity contribution in [3.8, 4) is 22.3 Å². The average molecular weight is 415 g/mol. The van der Waals surface area contributed by atoms with Crippen LogP contribution in [0.25, 0.3) is 22.3 Å². The number of hydrogen-bond donors (Lipinski definition) is 0. The molecule has 0 heteroatoms. The largest absolute Gasteiger partial charge is 0.0642 e. The van der Waals surface area contributed by atoms with Crippen molar-refractivity contribution in [1.29, 1.82) is 0 Å². The van der Waals surface area contributed by atoms with Crippen molar-refractivity contribution < 1.29 is 0 Å². The Labute approximate surface area is 192 Å². The van der Waals surface area contributed by atoms with Gasteiger partial charge in [0.2, 0.25) is 0 Å². The highest BCUT2D eigenvalue weighted by molar-refractivity contribution is 5.84. The summed E-state index contributed by atoms with van der Waals surface area (Å²) in [6, 6.07) is 36.6. The first-order valence-corrected chi connectivity index (χ1v) is 12.1. The van der Waals surface area contributed by atoms with E-state index in [0.717, 1.165) is 12.8 Å². The predicted molar refractivity (Wildman–Crippen MR) is 135 cm³/mol. The van der Waals surface area contributed by atoms with E-state index < -0.39 is 0 Å². The van der Waals surface area contributed by atoms with Gasteiger partial charge in [-0.1, -0.05) is 118 Å². The Kier molecular flexibility index (Phi) is 4.24. The molecule has 0 bridgehead atoms. The van der Waals surface area contributed by atoms with Gasteiger partial charge in [-0.2, -0.15) is 0 Å². The van der Waals surface area contributed by atoms with Crippen LogP contribution in [0.3, 0.4) is 0 Å². The molecule has 32 heavy (non-hydrogen) atoms. The van der Waals surface area contributed by atoms with Crippen molar-refractivity contribution in [2.24, 2.45) is 5.92 Å². The van der Waals surface area contributed by atoms with Crippen molar-refractivity contribution in [2.75, 3.05) is 0 Å². The van der Waals surface area contributed by atoms with Gasteiger partial charge in [-0.05, 0) is 63.3 Å². The SMILES string of the molecule is CCC1(C(C)C2(CC)c3ccccc3-c3ccccc32)c2ccccc2-c2ccccc21. The fourth-order valence-electron chi connectivity index (χ4n) is 7.45. The zero-order valence-electron chi connectivity index (χ0n) is 19.2. The lowest BCUT2D eigenvalue weighted by Gasteiger charge is -2.48. The van der Waals surface area contributed by atoms with Gasteiger partial charge in [0.25, 0.3) is 0 Å². The van der Waals surface area contributed by atoms with Crippen molar-refractivity contribution in [3.05, 3.63) is 119 Å². The number of benzene rings is 4. The molecule has 4 aromatic carbocycles. The summed E-state index contributed by atoms with van der Waals surface area (Å²) in [7, 11) is 0. The van der Waals surface area contributed by atoms with E-state index >= 15 is 0 Å². The molecule has 0 aromatic heterocycles. The van der Waals surface area contributed by atoms with Crippen molar-refractivity contribution >= 4 is 0 Å². The Morgan fingerprint density at radius 3 is 0.969 bits per heavy atom. The Bertz CT molecular complexity index is 1130. The van der Waals surface area contributed by atoms with Crippen molar-refractivity contribution in [2.45, 2.75) is 44.4 Å². The molecule has 4 aromatic rings. The molecule has 0 saturated heterocycles. The molecule has 0 atom stereocenters. The molecule has 0 spiro atoms. The van der Waals surface area contributed by atoms with Crippen LogP contribution >= 0.6 is 0 Å². The minimum atomic E-state index is -0.0201. The summed E-state index contributed by atoms with van der Waals surface area (Å²) in [5.41, 5.74) is 11.7. The molecule has 0 heterocycles. The van der Waals surface area contributed by atoms with Crippen LogP contribution in [0, 0.1) is 5.92 Å². The fourth-order valence-corrected chi connectivity index (χ4v) is 7.45. The average Bonchev–Trinajstić information content (AvgIpc) is 3.32. The lowest BCUT2D eigenvalue weighted by molar-refractivity contribution is 0.221. The van der Waals surface area contributed by atoms with Crippen molar-refractivity contribution in [3.63, 3.8) is 0 Å². The van der Waals surface area contributed by atoms with Crippen LogP contribution < -0.4 is 0 Å². The third kappa shape index (κ3) is 2.18. The molecule has 0 fully saturated rings. The molecular weight excluding hydrogens is 384 g/mol. The minimum absolute atomic E-state index is 0.0201. The second-order valence-corrected chi connectivity index (χ2v) is 9.55. The van der Waals surface area contributed by atoms with Gasteiger partial charge in [0, 0.05) is 10.8 Å². The van der Waals surface area contributed by atoms with E-state index in [4.69, 9.17) is 0 Å². The van der Waals surface area contributed by atoms with Gasteiger partial charge in [0.05, 0.1) is 0 Å². The molecule has 0 nitrogen and oxygen atoms in total. The summed E-state index contributed by atoms with van der Waals surface area (Å²) in [6.45, 7) is 7.32. The third-order valence-electron chi connectivity index (χ3n) is 8.80. The molecule has 0 N–H and O–H groups in total. The van der Waals surface area contributed by atoms with E-state index in [-0.39, 0.29) is 10.8 Å². The first kappa shape index (κ1) is 19.6. The fraction of sp³-hybridized carbons (Fsp3) is 0.250. The summed E-state index contributed by atoms with van der Waals surface area (Å²) in [5.74, 6) is 0.402. The second-order valence-electron chi connectivity index (χ2n) is 9.55. The van der Waals surface area contributed by atoms with Gasteiger partial charge in [-0.25, -0.2) is 0 Å². The number of hydrogen-bond acceptors (Lipinski definition) is 0. The van der Waals surface area contributed by atoms with Gasteiger partial charge in [0.15, 0.2) is 0 Å². The summed E-state index contributed by atoms with van der Waals surface area (Å²) >= 11 is 0. The molecule has 0 radical (unpaired) electrons. The lowest BCUT2D eigenvalue weighted by atomic mass is 9.54. The van der Waals surface area contributed by atoms with E-state index in [1.54, 1.807) is 0 Å². The predicted octanol–water partition coefficient (Wildman–Crippen LogP) is 8.38. The highest BCUT2D eigenvalue weighted by Crippen LogP contribution is 2.64. The molecule has 0 unspecified atom stereocenters. The first-order valence-electron chi connectivity index (χ1n) is 12.1. The molecule has 2 aliphatic rings. The Morgan fingerprint density at radius 1 is 0.469 bits per heavy atom. The van der Waals surface area contributed by atoms with Crippen LogP contribution in [0.15, 0.2) is 97.1 Å². The molecule has 2 aliphatic carbocycles. The third-order valence-corrected chi connectivity index (χ3v) is 8.80. The number of rotatable bonds is 4. The topological polar surface area (TPSA) is 0 Å². The summed E-state index contributed by atoms with van der Waals surface area (Å²) in [4.78, 5) is 0. The lowest BCUT2D eigenvalue weighted by Crippen LogP contribution is -2.46. The van der Waals surface area contributed by atoms with Gasteiger partial charge >= 0.3 is 0 Å². The Balaban J connectivity index is 1.69. The minimum Gasteiger partial charge on any atom is -0.0642 e. The zero-order valence-corrected chi connectivity index (χ0v) is 19.2. The van der Waals surface area contributed by atoms with Crippen LogP contribution in [0.1, 0.15) is 55.9 Å². The summed E-state index contributed by atoms with van der Waals surface area (Å²) in [6.07, 6.45) is 2.18. The van der Waals surface area contributed by atoms with Gasteiger partial charge in [-0.3, -0.25) is 0 Å². The molecule has 0 saturated carbocycles. The molecule has 6 rings (SSSR count). The maximum absolute atomic E-state index is 2.53. The molecule has 158 valence electrons. The maximum atomic E-state index is 2.53. The summed E-state index contributed by atoms with van der Waals surface area (Å²) in [5, 5.41) is 0. The second kappa shape index (κ2) is 6.94. The van der Waals surface area contributed by atoms with E-state index in [9.17, 15) is 0 Å². The maximum Gasteiger partial charge on any atom is 0.0249 e. The van der Waals surface area contributed by atoms with Crippen LogP contribution in [0.4, 0.5) is 0 Å². The first-order chi connectivity index (χ1) is 15.7. The highest BCUT2D eigenvalue weighted by Gasteiger charge is 2.56. The molecular formula is C32H30. The van der Waals surface area contributed by atoms with E-state index in [0.29, 0.717) is 5.92 Å². The van der Waals surface area contributed by atoms with E-state index in [2.05, 4.69) is 118 Å². The normalized spacial score (nSPS) is 16.4. The molecule has 0 amide bonds. The number of fused-ring (bicyclic) bond motifs is 6. The van der Waals surface area contributed by atoms with Crippen LogP contribution in [0.2, 0.25) is 0 Å². The van der Waals surface area contributed by atoms with Crippen molar-refractivity contribution in [1.82, 2.24) is 0 Å².